The lowest BCUT2D eigenvalue weighted by Crippen LogP contribution is -2.06. The van der Waals surface area contributed by atoms with Gasteiger partial charge in [0.15, 0.2) is 0 Å². The third-order valence-corrected chi connectivity index (χ3v) is 5.84. The van der Waals surface area contributed by atoms with Gasteiger partial charge in [-0.15, -0.1) is 22.7 Å². The molecule has 0 spiro atoms. The summed E-state index contributed by atoms with van der Waals surface area (Å²) in [5.74, 6) is -0.598. The smallest absolute Gasteiger partial charge is 0.248 e. The van der Waals surface area contributed by atoms with Crippen LogP contribution in [-0.2, 0) is 17.8 Å². The number of carbonyl (C=O) groups excluding carboxylic acids is 1. The normalized spacial score (nSPS) is 11.0. The van der Waals surface area contributed by atoms with E-state index in [0.29, 0.717) is 17.1 Å². The summed E-state index contributed by atoms with van der Waals surface area (Å²) in [5, 5.41) is 4.30. The second-order valence-electron chi connectivity index (χ2n) is 5.09. The van der Waals surface area contributed by atoms with Crippen molar-refractivity contribution in [1.29, 1.82) is 0 Å². The number of fused-ring (bicyclic) bond motifs is 1. The van der Waals surface area contributed by atoms with E-state index in [1.54, 1.807) is 6.07 Å². The third-order valence-electron chi connectivity index (χ3n) is 3.62. The van der Waals surface area contributed by atoms with Gasteiger partial charge in [0.25, 0.3) is 0 Å². The molecule has 1 amide bonds. The molecule has 3 aromatic rings. The summed E-state index contributed by atoms with van der Waals surface area (Å²) in [6.45, 7) is 5.92. The molecule has 0 radical (unpaired) electrons. The Labute approximate surface area is 146 Å². The molecular formula is C17H16FN3OS2. The van der Waals surface area contributed by atoms with E-state index < -0.39 is 0 Å². The fourth-order valence-electron chi connectivity index (χ4n) is 2.54. The monoisotopic (exact) mass is 361 g/mol. The summed E-state index contributed by atoms with van der Waals surface area (Å²) in [6.07, 6.45) is 2.00. The van der Waals surface area contributed by atoms with Gasteiger partial charge >= 0.3 is 0 Å². The molecular weight excluding hydrogens is 345 g/mol. The van der Waals surface area contributed by atoms with Crippen LogP contribution in [-0.4, -0.2) is 10.9 Å². The summed E-state index contributed by atoms with van der Waals surface area (Å²) < 4.78 is 14.3. The minimum absolute atomic E-state index is 0.282. The Morgan fingerprint density at radius 3 is 2.92 bits per heavy atom. The summed E-state index contributed by atoms with van der Waals surface area (Å²) in [4.78, 5) is 17.3. The number of hydrogen-bond acceptors (Lipinski definition) is 5. The van der Waals surface area contributed by atoms with Crippen LogP contribution in [0.5, 0.6) is 0 Å². The summed E-state index contributed by atoms with van der Waals surface area (Å²) in [5.41, 5.74) is 8.41. The van der Waals surface area contributed by atoms with Crippen LogP contribution in [0.3, 0.4) is 0 Å². The molecule has 0 aliphatic heterocycles. The lowest BCUT2D eigenvalue weighted by Gasteiger charge is -2.04. The Balaban J connectivity index is 2.20. The number of nitrogens with zero attached hydrogens (tertiary/aromatic N) is 1. The molecule has 2 heterocycles. The minimum Gasteiger partial charge on any atom is -0.326 e. The molecule has 0 atom stereocenters. The van der Waals surface area contributed by atoms with E-state index in [9.17, 15) is 9.18 Å². The van der Waals surface area contributed by atoms with Gasteiger partial charge in [-0.3, -0.25) is 4.79 Å². The Bertz CT molecular complexity index is 929. The number of aromatic nitrogens is 1. The van der Waals surface area contributed by atoms with Gasteiger partial charge in [0.05, 0.1) is 10.2 Å². The van der Waals surface area contributed by atoms with E-state index in [2.05, 4.69) is 16.9 Å². The minimum atomic E-state index is -0.316. The number of nitrogens with two attached hydrogens (primary N) is 1. The van der Waals surface area contributed by atoms with Gasteiger partial charge < -0.3 is 11.1 Å². The average molecular weight is 361 g/mol. The molecule has 0 aliphatic rings. The van der Waals surface area contributed by atoms with Gasteiger partial charge in [-0.05, 0) is 30.2 Å². The standard InChI is InChI=1S/C17H16FN3OS2/c1-3-10-13(8-19)24-17(21-14(22)4-2)15(10)16-20-11-7-9(18)5-6-12(11)23-16/h4-7H,2-3,8,19H2,1H3,(H,21,22). The maximum atomic E-state index is 13.4. The van der Waals surface area contributed by atoms with Crippen molar-refractivity contribution in [2.75, 3.05) is 5.32 Å². The van der Waals surface area contributed by atoms with Gasteiger partial charge in [-0.25, -0.2) is 9.37 Å². The molecule has 0 bridgehead atoms. The second kappa shape index (κ2) is 6.80. The van der Waals surface area contributed by atoms with Crippen molar-refractivity contribution in [3.05, 3.63) is 47.1 Å². The first-order valence-electron chi connectivity index (χ1n) is 7.41. The van der Waals surface area contributed by atoms with Crippen LogP contribution in [0.25, 0.3) is 20.8 Å². The van der Waals surface area contributed by atoms with Crippen LogP contribution in [0, 0.1) is 5.82 Å². The molecule has 24 heavy (non-hydrogen) atoms. The second-order valence-corrected chi connectivity index (χ2v) is 7.23. The topological polar surface area (TPSA) is 68.0 Å². The number of carbonyl (C=O) groups is 1. The van der Waals surface area contributed by atoms with Gasteiger partial charge in [0.2, 0.25) is 5.91 Å². The number of amides is 1. The number of thiazole rings is 1. The fraction of sp³-hybridized carbons (Fsp3) is 0.176. The van der Waals surface area contributed by atoms with Gasteiger partial charge in [-0.2, -0.15) is 0 Å². The van der Waals surface area contributed by atoms with Crippen molar-refractivity contribution < 1.29 is 9.18 Å². The van der Waals surface area contributed by atoms with Gasteiger partial charge in [0, 0.05) is 23.1 Å². The first-order valence-corrected chi connectivity index (χ1v) is 9.05. The number of nitrogens with one attached hydrogen (secondary N) is 1. The van der Waals surface area contributed by atoms with Crippen LogP contribution in [0.1, 0.15) is 17.4 Å². The zero-order chi connectivity index (χ0) is 17.3. The lowest BCUT2D eigenvalue weighted by molar-refractivity contribution is -0.111. The Morgan fingerprint density at radius 2 is 2.25 bits per heavy atom. The number of benzene rings is 1. The molecule has 3 N–H and O–H groups in total. The number of hydrogen-bond donors (Lipinski definition) is 2. The molecule has 0 unspecified atom stereocenters. The highest BCUT2D eigenvalue weighted by atomic mass is 32.1. The Kier molecular flexibility index (Phi) is 4.75. The van der Waals surface area contributed by atoms with Crippen LogP contribution in [0.4, 0.5) is 9.39 Å². The molecule has 0 fully saturated rings. The molecule has 2 aromatic heterocycles. The molecule has 4 nitrogen and oxygen atoms in total. The maximum absolute atomic E-state index is 13.4. The van der Waals surface area contributed by atoms with Crippen molar-refractivity contribution in [3.63, 3.8) is 0 Å². The van der Waals surface area contributed by atoms with E-state index in [-0.39, 0.29) is 11.7 Å². The maximum Gasteiger partial charge on any atom is 0.248 e. The first kappa shape index (κ1) is 16.8. The largest absolute Gasteiger partial charge is 0.326 e. The molecule has 3 rings (SSSR count). The number of halogens is 1. The van der Waals surface area contributed by atoms with E-state index >= 15 is 0 Å². The summed E-state index contributed by atoms with van der Waals surface area (Å²) in [6, 6.07) is 4.55. The highest BCUT2D eigenvalue weighted by molar-refractivity contribution is 7.22. The van der Waals surface area contributed by atoms with E-state index in [0.717, 1.165) is 32.1 Å². The highest BCUT2D eigenvalue weighted by Crippen LogP contribution is 2.44. The van der Waals surface area contributed by atoms with Crippen molar-refractivity contribution in [3.8, 4) is 10.6 Å². The van der Waals surface area contributed by atoms with Crippen molar-refractivity contribution in [2.24, 2.45) is 5.73 Å². The van der Waals surface area contributed by atoms with Crippen LogP contribution in [0.2, 0.25) is 0 Å². The van der Waals surface area contributed by atoms with Crippen molar-refractivity contribution >= 4 is 43.8 Å². The Morgan fingerprint density at radius 1 is 1.46 bits per heavy atom. The molecule has 0 saturated heterocycles. The van der Waals surface area contributed by atoms with Crippen LogP contribution >= 0.6 is 22.7 Å². The third kappa shape index (κ3) is 2.98. The zero-order valence-electron chi connectivity index (χ0n) is 13.1. The van der Waals surface area contributed by atoms with E-state index in [4.69, 9.17) is 5.73 Å². The van der Waals surface area contributed by atoms with Gasteiger partial charge in [0.1, 0.15) is 15.8 Å². The van der Waals surface area contributed by atoms with Gasteiger partial charge in [-0.1, -0.05) is 13.5 Å². The molecule has 124 valence electrons. The van der Waals surface area contributed by atoms with Crippen LogP contribution < -0.4 is 11.1 Å². The van der Waals surface area contributed by atoms with E-state index in [1.165, 1.54) is 40.9 Å². The number of rotatable bonds is 5. The highest BCUT2D eigenvalue weighted by Gasteiger charge is 2.21. The average Bonchev–Trinajstić information content (AvgIpc) is 3.14. The van der Waals surface area contributed by atoms with Crippen LogP contribution in [0.15, 0.2) is 30.9 Å². The fourth-order valence-corrected chi connectivity index (χ4v) is 4.80. The predicted octanol–water partition coefficient (Wildman–Crippen LogP) is 4.31. The van der Waals surface area contributed by atoms with Crippen molar-refractivity contribution in [2.45, 2.75) is 19.9 Å². The van der Waals surface area contributed by atoms with E-state index in [1.807, 2.05) is 6.92 Å². The first-order chi connectivity index (χ1) is 11.6. The molecule has 0 aliphatic carbocycles. The number of anilines is 1. The summed E-state index contributed by atoms with van der Waals surface area (Å²) in [7, 11) is 0. The number of thiophene rings is 1. The molecule has 0 saturated carbocycles. The molecule has 7 heteroatoms. The summed E-state index contributed by atoms with van der Waals surface area (Å²) >= 11 is 2.92. The lowest BCUT2D eigenvalue weighted by atomic mass is 10.1. The SMILES string of the molecule is C=CC(=O)Nc1sc(CN)c(CC)c1-c1nc2cc(F)ccc2s1. The van der Waals surface area contributed by atoms with Crippen molar-refractivity contribution in [1.82, 2.24) is 4.98 Å². The molecule has 1 aromatic carbocycles. The predicted molar refractivity (Wildman–Crippen MR) is 99.0 cm³/mol. The zero-order valence-corrected chi connectivity index (χ0v) is 14.7. The Hall–Kier alpha value is -2.09. The quantitative estimate of drug-likeness (QED) is 0.666.